The Kier molecular flexibility index (Phi) is 3.68. The first-order valence-corrected chi connectivity index (χ1v) is 7.95. The summed E-state index contributed by atoms with van der Waals surface area (Å²) in [6.45, 7) is 7.18. The summed E-state index contributed by atoms with van der Waals surface area (Å²) in [6.07, 6.45) is 0.775. The summed E-state index contributed by atoms with van der Waals surface area (Å²) in [5.74, 6) is -0.765. The van der Waals surface area contributed by atoms with Crippen molar-refractivity contribution in [2.24, 2.45) is 5.92 Å². The van der Waals surface area contributed by atoms with Crippen molar-refractivity contribution >= 4 is 16.0 Å². The van der Waals surface area contributed by atoms with E-state index in [9.17, 15) is 18.3 Å². The zero-order valence-corrected chi connectivity index (χ0v) is 12.8. The van der Waals surface area contributed by atoms with Gasteiger partial charge in [-0.2, -0.15) is 4.31 Å². The Hall–Kier alpha value is -1.34. The molecule has 0 saturated carbocycles. The second-order valence-electron chi connectivity index (χ2n) is 5.49. The Labute approximate surface area is 118 Å². The molecule has 1 aliphatic rings. The summed E-state index contributed by atoms with van der Waals surface area (Å²) in [4.78, 5) is 11.1. The number of aryl methyl sites for hydroxylation is 2. The molecule has 2 heterocycles. The van der Waals surface area contributed by atoms with Gasteiger partial charge in [-0.05, 0) is 33.1 Å². The summed E-state index contributed by atoms with van der Waals surface area (Å²) >= 11 is 0. The number of rotatable bonds is 3. The summed E-state index contributed by atoms with van der Waals surface area (Å²) in [5, 5.41) is 9.24. The Balaban J connectivity index is 2.59. The molecule has 6 nitrogen and oxygen atoms in total. The summed E-state index contributed by atoms with van der Waals surface area (Å²) < 4.78 is 32.1. The molecule has 0 bridgehead atoms. The first-order valence-electron chi connectivity index (χ1n) is 6.51. The maximum Gasteiger partial charge on any atom is 0.340 e. The standard InChI is InChI=1S/C13H19NO5S/c1-7-5-8(2)14(6-7)20(17,18)12-10(4)19-9(3)11(12)13(15)16/h7-8H,5-6H2,1-4H3,(H,15,16). The molecule has 0 amide bonds. The molecule has 0 radical (unpaired) electrons. The van der Waals surface area contributed by atoms with Gasteiger partial charge in [0.1, 0.15) is 22.0 Å². The van der Waals surface area contributed by atoms with E-state index in [1.54, 1.807) is 0 Å². The van der Waals surface area contributed by atoms with Crippen LogP contribution in [0, 0.1) is 19.8 Å². The number of carbonyl (C=O) groups is 1. The van der Waals surface area contributed by atoms with Crippen molar-refractivity contribution in [3.8, 4) is 0 Å². The number of aromatic carboxylic acids is 1. The maximum absolute atomic E-state index is 12.8. The Bertz CT molecular complexity index is 646. The van der Waals surface area contributed by atoms with Crippen molar-refractivity contribution in [2.75, 3.05) is 6.54 Å². The van der Waals surface area contributed by atoms with Gasteiger partial charge >= 0.3 is 5.97 Å². The molecule has 20 heavy (non-hydrogen) atoms. The second kappa shape index (κ2) is 4.89. The Morgan fingerprint density at radius 1 is 1.30 bits per heavy atom. The highest BCUT2D eigenvalue weighted by molar-refractivity contribution is 7.89. The molecule has 1 aliphatic heterocycles. The highest BCUT2D eigenvalue weighted by Crippen LogP contribution is 2.34. The minimum atomic E-state index is -3.85. The van der Waals surface area contributed by atoms with Crippen LogP contribution in [-0.2, 0) is 10.0 Å². The number of carboxylic acid groups (broad SMARTS) is 1. The molecule has 0 spiro atoms. The fourth-order valence-corrected chi connectivity index (χ4v) is 5.07. The van der Waals surface area contributed by atoms with E-state index >= 15 is 0 Å². The van der Waals surface area contributed by atoms with Gasteiger partial charge in [-0.1, -0.05) is 6.92 Å². The highest BCUT2D eigenvalue weighted by Gasteiger charge is 2.41. The number of sulfonamides is 1. The Morgan fingerprint density at radius 3 is 2.35 bits per heavy atom. The lowest BCUT2D eigenvalue weighted by Gasteiger charge is -2.21. The first kappa shape index (κ1) is 15.1. The lowest BCUT2D eigenvalue weighted by molar-refractivity contribution is 0.0691. The van der Waals surface area contributed by atoms with Crippen LogP contribution in [0.2, 0.25) is 0 Å². The number of hydrogen-bond donors (Lipinski definition) is 1. The second-order valence-corrected chi connectivity index (χ2v) is 7.32. The van der Waals surface area contributed by atoms with Crippen LogP contribution >= 0.6 is 0 Å². The zero-order chi connectivity index (χ0) is 15.2. The van der Waals surface area contributed by atoms with Crippen molar-refractivity contribution in [1.29, 1.82) is 0 Å². The number of nitrogens with zero attached hydrogens (tertiary/aromatic N) is 1. The molecule has 1 saturated heterocycles. The van der Waals surface area contributed by atoms with Crippen LogP contribution in [0.3, 0.4) is 0 Å². The maximum atomic E-state index is 12.8. The van der Waals surface area contributed by atoms with Crippen LogP contribution in [0.5, 0.6) is 0 Å². The molecular weight excluding hydrogens is 282 g/mol. The van der Waals surface area contributed by atoms with Crippen molar-refractivity contribution < 1.29 is 22.7 Å². The molecular formula is C13H19NO5S. The molecule has 0 aliphatic carbocycles. The van der Waals surface area contributed by atoms with E-state index in [0.29, 0.717) is 6.54 Å². The average Bonchev–Trinajstić information content (AvgIpc) is 2.78. The molecule has 2 unspecified atom stereocenters. The van der Waals surface area contributed by atoms with Crippen LogP contribution in [0.15, 0.2) is 9.31 Å². The van der Waals surface area contributed by atoms with Gasteiger partial charge in [0.05, 0.1) is 0 Å². The predicted octanol–water partition coefficient (Wildman–Crippen LogP) is 2.01. The minimum Gasteiger partial charge on any atom is -0.478 e. The van der Waals surface area contributed by atoms with Gasteiger partial charge in [-0.3, -0.25) is 0 Å². The number of hydrogen-bond acceptors (Lipinski definition) is 4. The molecule has 7 heteroatoms. The van der Waals surface area contributed by atoms with Crippen LogP contribution in [0.4, 0.5) is 0 Å². The highest BCUT2D eigenvalue weighted by atomic mass is 32.2. The van der Waals surface area contributed by atoms with Crippen molar-refractivity contribution in [3.05, 3.63) is 17.1 Å². The smallest absolute Gasteiger partial charge is 0.340 e. The van der Waals surface area contributed by atoms with E-state index < -0.39 is 16.0 Å². The average molecular weight is 301 g/mol. The Morgan fingerprint density at radius 2 is 1.90 bits per heavy atom. The summed E-state index contributed by atoms with van der Waals surface area (Å²) in [6, 6.07) is -0.133. The minimum absolute atomic E-state index is 0.119. The molecule has 0 aromatic carbocycles. The monoisotopic (exact) mass is 301 g/mol. The van der Waals surface area contributed by atoms with Gasteiger partial charge in [-0.25, -0.2) is 13.2 Å². The van der Waals surface area contributed by atoms with E-state index in [1.165, 1.54) is 18.2 Å². The van der Waals surface area contributed by atoms with Gasteiger partial charge in [-0.15, -0.1) is 0 Å². The summed E-state index contributed by atoms with van der Waals surface area (Å²) in [7, 11) is -3.85. The van der Waals surface area contributed by atoms with Crippen molar-refractivity contribution in [2.45, 2.75) is 45.1 Å². The molecule has 1 fully saturated rings. The lowest BCUT2D eigenvalue weighted by Crippen LogP contribution is -2.35. The van der Waals surface area contributed by atoms with Crippen molar-refractivity contribution in [1.82, 2.24) is 4.31 Å². The van der Waals surface area contributed by atoms with E-state index in [2.05, 4.69) is 0 Å². The largest absolute Gasteiger partial charge is 0.478 e. The van der Waals surface area contributed by atoms with E-state index in [0.717, 1.165) is 6.42 Å². The molecule has 1 aromatic heterocycles. The third-order valence-corrected chi connectivity index (χ3v) is 5.85. The summed E-state index contributed by atoms with van der Waals surface area (Å²) in [5.41, 5.74) is -0.255. The zero-order valence-electron chi connectivity index (χ0n) is 12.0. The van der Waals surface area contributed by atoms with Gasteiger partial charge in [0.25, 0.3) is 0 Å². The van der Waals surface area contributed by atoms with Gasteiger partial charge < -0.3 is 9.52 Å². The van der Waals surface area contributed by atoms with Crippen LogP contribution in [0.1, 0.15) is 42.1 Å². The van der Waals surface area contributed by atoms with Crippen LogP contribution in [-0.4, -0.2) is 36.4 Å². The molecule has 2 atom stereocenters. The molecule has 1 aromatic rings. The normalized spacial score (nSPS) is 24.2. The van der Waals surface area contributed by atoms with E-state index in [4.69, 9.17) is 4.42 Å². The fourth-order valence-electron chi connectivity index (χ4n) is 2.94. The van der Waals surface area contributed by atoms with Crippen molar-refractivity contribution in [3.63, 3.8) is 0 Å². The van der Waals surface area contributed by atoms with Gasteiger partial charge in [0, 0.05) is 12.6 Å². The molecule has 112 valence electrons. The quantitative estimate of drug-likeness (QED) is 0.922. The molecule has 1 N–H and O–H groups in total. The third kappa shape index (κ3) is 2.25. The van der Waals surface area contributed by atoms with E-state index in [1.807, 2.05) is 13.8 Å². The van der Waals surface area contributed by atoms with Gasteiger partial charge in [0.15, 0.2) is 0 Å². The lowest BCUT2D eigenvalue weighted by atomic mass is 10.1. The van der Waals surface area contributed by atoms with E-state index in [-0.39, 0.29) is 33.9 Å². The topological polar surface area (TPSA) is 87.8 Å². The first-order chi connectivity index (χ1) is 9.16. The van der Waals surface area contributed by atoms with Gasteiger partial charge in [0.2, 0.25) is 10.0 Å². The number of furan rings is 1. The predicted molar refractivity (Wildman–Crippen MR) is 72.3 cm³/mol. The van der Waals surface area contributed by atoms with Crippen LogP contribution in [0.25, 0.3) is 0 Å². The third-order valence-electron chi connectivity index (χ3n) is 3.71. The molecule has 2 rings (SSSR count). The SMILES string of the molecule is Cc1oc(C)c(S(=O)(=O)N2CC(C)CC2C)c1C(=O)O. The fraction of sp³-hybridized carbons (Fsp3) is 0.615. The van der Waals surface area contributed by atoms with Crippen LogP contribution < -0.4 is 0 Å². The number of carboxylic acids is 1.